The van der Waals surface area contributed by atoms with Crippen LogP contribution in [0.2, 0.25) is 0 Å². The summed E-state index contributed by atoms with van der Waals surface area (Å²) in [4.78, 5) is 8.33. The maximum atomic E-state index is 5.47. The molecular formula is C9H11BrN6. The number of aromatic nitrogens is 4. The molecule has 7 heteroatoms. The van der Waals surface area contributed by atoms with Gasteiger partial charge in [0.25, 0.3) is 0 Å². The van der Waals surface area contributed by atoms with Crippen molar-refractivity contribution in [2.75, 3.05) is 0 Å². The molecule has 16 heavy (non-hydrogen) atoms. The molecule has 0 amide bonds. The minimum absolute atomic E-state index is 0.115. The Kier molecular flexibility index (Phi) is 3.60. The van der Waals surface area contributed by atoms with Crippen molar-refractivity contribution in [1.29, 1.82) is 0 Å². The predicted octanol–water partition coefficient (Wildman–Crippen LogP) is 0.709. The molecule has 2 aromatic rings. The third-order valence-corrected chi connectivity index (χ3v) is 2.64. The van der Waals surface area contributed by atoms with E-state index in [1.165, 1.54) is 6.33 Å². The second-order valence-electron chi connectivity index (χ2n) is 3.26. The highest BCUT2D eigenvalue weighted by Gasteiger charge is 2.13. The molecule has 1 unspecified atom stereocenters. The summed E-state index contributed by atoms with van der Waals surface area (Å²) in [6.45, 7) is 0. The van der Waals surface area contributed by atoms with Gasteiger partial charge in [0.1, 0.15) is 12.2 Å². The zero-order chi connectivity index (χ0) is 11.4. The Labute approximate surface area is 101 Å². The quantitative estimate of drug-likeness (QED) is 0.567. The highest BCUT2D eigenvalue weighted by Crippen LogP contribution is 2.14. The van der Waals surface area contributed by atoms with Gasteiger partial charge in [-0.2, -0.15) is 5.10 Å². The molecular weight excluding hydrogens is 272 g/mol. The Bertz CT molecular complexity index is 426. The Morgan fingerprint density at radius 3 is 2.88 bits per heavy atom. The van der Waals surface area contributed by atoms with Gasteiger partial charge in [-0.3, -0.25) is 15.9 Å². The van der Waals surface area contributed by atoms with Crippen LogP contribution in [0.4, 0.5) is 0 Å². The van der Waals surface area contributed by atoms with Gasteiger partial charge in [-0.15, -0.1) is 0 Å². The molecule has 0 saturated heterocycles. The summed E-state index contributed by atoms with van der Waals surface area (Å²) in [6, 6.07) is 3.76. The summed E-state index contributed by atoms with van der Waals surface area (Å²) < 4.78 is 0.952. The second-order valence-corrected chi connectivity index (χ2v) is 4.18. The van der Waals surface area contributed by atoms with Gasteiger partial charge >= 0.3 is 0 Å². The van der Waals surface area contributed by atoms with Gasteiger partial charge in [0.05, 0.1) is 6.04 Å². The van der Waals surface area contributed by atoms with Gasteiger partial charge in [-0.05, 0) is 28.1 Å². The Morgan fingerprint density at radius 2 is 2.31 bits per heavy atom. The van der Waals surface area contributed by atoms with E-state index in [4.69, 9.17) is 5.84 Å². The first kappa shape index (κ1) is 11.2. The van der Waals surface area contributed by atoms with E-state index in [9.17, 15) is 0 Å². The van der Waals surface area contributed by atoms with Crippen molar-refractivity contribution in [3.05, 3.63) is 40.6 Å². The van der Waals surface area contributed by atoms with Gasteiger partial charge in [0, 0.05) is 22.8 Å². The van der Waals surface area contributed by atoms with Crippen molar-refractivity contribution >= 4 is 15.9 Å². The smallest absolute Gasteiger partial charge is 0.143 e. The lowest BCUT2D eigenvalue weighted by Crippen LogP contribution is -2.30. The summed E-state index contributed by atoms with van der Waals surface area (Å²) >= 11 is 3.34. The SMILES string of the molecule is NNC(Cc1ccc(Br)cn1)c1ncn[nH]1. The van der Waals surface area contributed by atoms with Crippen molar-refractivity contribution in [3.8, 4) is 0 Å². The Morgan fingerprint density at radius 1 is 1.44 bits per heavy atom. The fourth-order valence-corrected chi connectivity index (χ4v) is 1.59. The summed E-state index contributed by atoms with van der Waals surface area (Å²) in [7, 11) is 0. The summed E-state index contributed by atoms with van der Waals surface area (Å²) in [5, 5.41) is 6.57. The number of rotatable bonds is 4. The molecule has 0 fully saturated rings. The maximum Gasteiger partial charge on any atom is 0.143 e. The van der Waals surface area contributed by atoms with Gasteiger partial charge in [0.15, 0.2) is 0 Å². The van der Waals surface area contributed by atoms with E-state index in [2.05, 4.69) is 41.5 Å². The van der Waals surface area contributed by atoms with Crippen LogP contribution in [0, 0.1) is 0 Å². The minimum atomic E-state index is -0.115. The van der Waals surface area contributed by atoms with E-state index < -0.39 is 0 Å². The average molecular weight is 283 g/mol. The lowest BCUT2D eigenvalue weighted by Gasteiger charge is -2.11. The van der Waals surface area contributed by atoms with E-state index in [1.807, 2.05) is 12.1 Å². The number of halogens is 1. The third kappa shape index (κ3) is 2.63. The van der Waals surface area contributed by atoms with Crippen molar-refractivity contribution in [3.63, 3.8) is 0 Å². The molecule has 0 aromatic carbocycles. The van der Waals surface area contributed by atoms with Crippen LogP contribution in [0.5, 0.6) is 0 Å². The van der Waals surface area contributed by atoms with Crippen LogP contribution in [-0.4, -0.2) is 20.2 Å². The van der Waals surface area contributed by atoms with Crippen LogP contribution in [0.15, 0.2) is 29.1 Å². The zero-order valence-corrected chi connectivity index (χ0v) is 9.98. The molecule has 2 heterocycles. The van der Waals surface area contributed by atoms with Crippen LogP contribution in [0.25, 0.3) is 0 Å². The number of H-pyrrole nitrogens is 1. The van der Waals surface area contributed by atoms with Crippen molar-refractivity contribution < 1.29 is 0 Å². The largest absolute Gasteiger partial charge is 0.271 e. The van der Waals surface area contributed by atoms with Crippen LogP contribution >= 0.6 is 15.9 Å². The molecule has 0 spiro atoms. The molecule has 84 valence electrons. The summed E-state index contributed by atoms with van der Waals surface area (Å²) in [5.41, 5.74) is 3.61. The van der Waals surface area contributed by atoms with Crippen LogP contribution < -0.4 is 11.3 Å². The van der Waals surface area contributed by atoms with E-state index in [1.54, 1.807) is 6.20 Å². The number of nitrogens with one attached hydrogen (secondary N) is 2. The fourth-order valence-electron chi connectivity index (χ4n) is 1.35. The molecule has 6 nitrogen and oxygen atoms in total. The van der Waals surface area contributed by atoms with Crippen molar-refractivity contribution in [2.45, 2.75) is 12.5 Å². The third-order valence-electron chi connectivity index (χ3n) is 2.17. The van der Waals surface area contributed by atoms with E-state index in [-0.39, 0.29) is 6.04 Å². The standard InChI is InChI=1S/C9H11BrN6/c10-6-1-2-7(12-4-6)3-8(15-11)9-13-5-14-16-9/h1-2,4-5,8,15H,3,11H2,(H,13,14,16). The number of hydrazine groups is 1. The topological polar surface area (TPSA) is 92.5 Å². The highest BCUT2D eigenvalue weighted by atomic mass is 79.9. The van der Waals surface area contributed by atoms with Gasteiger partial charge in [-0.1, -0.05) is 0 Å². The molecule has 0 aliphatic rings. The minimum Gasteiger partial charge on any atom is -0.271 e. The van der Waals surface area contributed by atoms with E-state index in [0.717, 1.165) is 10.2 Å². The zero-order valence-electron chi connectivity index (χ0n) is 8.39. The monoisotopic (exact) mass is 282 g/mol. The Balaban J connectivity index is 2.10. The van der Waals surface area contributed by atoms with E-state index in [0.29, 0.717) is 12.2 Å². The molecule has 4 N–H and O–H groups in total. The first-order chi connectivity index (χ1) is 7.79. The van der Waals surface area contributed by atoms with Gasteiger partial charge < -0.3 is 0 Å². The lowest BCUT2D eigenvalue weighted by atomic mass is 10.1. The lowest BCUT2D eigenvalue weighted by molar-refractivity contribution is 0.519. The number of aromatic amines is 1. The highest BCUT2D eigenvalue weighted by molar-refractivity contribution is 9.10. The number of nitrogens with zero attached hydrogens (tertiary/aromatic N) is 3. The fraction of sp³-hybridized carbons (Fsp3) is 0.222. The number of hydrogen-bond donors (Lipinski definition) is 3. The first-order valence-electron chi connectivity index (χ1n) is 4.71. The van der Waals surface area contributed by atoms with Crippen LogP contribution in [-0.2, 0) is 6.42 Å². The normalized spacial score (nSPS) is 12.6. The molecule has 0 radical (unpaired) electrons. The Hall–Kier alpha value is -1.31. The molecule has 0 bridgehead atoms. The average Bonchev–Trinajstić information content (AvgIpc) is 2.82. The van der Waals surface area contributed by atoms with Crippen molar-refractivity contribution in [1.82, 2.24) is 25.6 Å². The van der Waals surface area contributed by atoms with Crippen LogP contribution in [0.3, 0.4) is 0 Å². The summed E-state index contributed by atoms with van der Waals surface area (Å²) in [6.07, 6.45) is 3.86. The number of nitrogens with two attached hydrogens (primary N) is 1. The van der Waals surface area contributed by atoms with Gasteiger partial charge in [0.2, 0.25) is 0 Å². The summed E-state index contributed by atoms with van der Waals surface area (Å²) in [5.74, 6) is 6.17. The number of pyridine rings is 1. The van der Waals surface area contributed by atoms with Gasteiger partial charge in [-0.25, -0.2) is 10.4 Å². The maximum absolute atomic E-state index is 5.47. The second kappa shape index (κ2) is 5.15. The predicted molar refractivity (Wildman–Crippen MR) is 62.1 cm³/mol. The van der Waals surface area contributed by atoms with Crippen molar-refractivity contribution in [2.24, 2.45) is 5.84 Å². The van der Waals surface area contributed by atoms with Crippen LogP contribution in [0.1, 0.15) is 17.6 Å². The molecule has 0 saturated carbocycles. The molecule has 1 atom stereocenters. The van der Waals surface area contributed by atoms with E-state index >= 15 is 0 Å². The molecule has 2 aromatic heterocycles. The number of hydrogen-bond acceptors (Lipinski definition) is 5. The molecule has 0 aliphatic carbocycles. The first-order valence-corrected chi connectivity index (χ1v) is 5.50. The molecule has 2 rings (SSSR count). The molecule has 0 aliphatic heterocycles.